The zero-order valence-electron chi connectivity index (χ0n) is 22.0. The van der Waals surface area contributed by atoms with Gasteiger partial charge in [-0.2, -0.15) is 0 Å². The minimum absolute atomic E-state index is 0.780. The molecule has 2 aromatic carbocycles. The van der Waals surface area contributed by atoms with Crippen molar-refractivity contribution < 1.29 is 0 Å². The standard InChI is InChI=1S/C34H48/c1-3-5-6-7-8-10-28-13-17-30(18-14-28)32-21-25-34(26-22-32)33-23-19-31(20-24-33)29-15-11-27(9-4-2)12-16-29/h15,19-28,30H,3-14,16-18H2,1-2H3/t27?,28-,30-. The fourth-order valence-electron chi connectivity index (χ4n) is 6.47. The van der Waals surface area contributed by atoms with E-state index < -0.39 is 0 Å². The van der Waals surface area contributed by atoms with Gasteiger partial charge in [0.25, 0.3) is 0 Å². The van der Waals surface area contributed by atoms with Crippen LogP contribution in [0.1, 0.15) is 127 Å². The largest absolute Gasteiger partial charge is 0.0804 e. The van der Waals surface area contributed by atoms with Gasteiger partial charge in [-0.15, -0.1) is 0 Å². The first-order valence-electron chi connectivity index (χ1n) is 14.7. The van der Waals surface area contributed by atoms with Crippen LogP contribution in [0.3, 0.4) is 0 Å². The lowest BCUT2D eigenvalue weighted by molar-refractivity contribution is 0.302. The van der Waals surface area contributed by atoms with Gasteiger partial charge in [-0.25, -0.2) is 0 Å². The van der Waals surface area contributed by atoms with E-state index in [4.69, 9.17) is 0 Å². The molecule has 34 heavy (non-hydrogen) atoms. The van der Waals surface area contributed by atoms with Crippen molar-refractivity contribution in [1.82, 2.24) is 0 Å². The van der Waals surface area contributed by atoms with Gasteiger partial charge in [0.05, 0.1) is 0 Å². The Morgan fingerprint density at radius 1 is 0.588 bits per heavy atom. The first kappa shape index (κ1) is 25.3. The molecule has 184 valence electrons. The van der Waals surface area contributed by atoms with Gasteiger partial charge < -0.3 is 0 Å². The number of hydrogen-bond donors (Lipinski definition) is 0. The third-order valence-corrected chi connectivity index (χ3v) is 8.75. The fraction of sp³-hybridized carbons (Fsp3) is 0.588. The van der Waals surface area contributed by atoms with Crippen molar-refractivity contribution in [2.24, 2.45) is 11.8 Å². The first-order valence-corrected chi connectivity index (χ1v) is 14.7. The van der Waals surface area contributed by atoms with Crippen molar-refractivity contribution in [3.8, 4) is 11.1 Å². The van der Waals surface area contributed by atoms with Crippen molar-refractivity contribution in [3.05, 3.63) is 65.7 Å². The van der Waals surface area contributed by atoms with E-state index >= 15 is 0 Å². The lowest BCUT2D eigenvalue weighted by atomic mass is 9.77. The van der Waals surface area contributed by atoms with Gasteiger partial charge in [0, 0.05) is 0 Å². The van der Waals surface area contributed by atoms with Crippen molar-refractivity contribution >= 4 is 5.57 Å². The molecular formula is C34H48. The molecule has 0 saturated heterocycles. The summed E-state index contributed by atoms with van der Waals surface area (Å²) in [6.45, 7) is 4.62. The van der Waals surface area contributed by atoms with Crippen molar-refractivity contribution in [2.45, 2.75) is 116 Å². The molecule has 0 aliphatic heterocycles. The summed E-state index contributed by atoms with van der Waals surface area (Å²) in [6.07, 6.45) is 23.4. The van der Waals surface area contributed by atoms with Gasteiger partial charge in [0.2, 0.25) is 0 Å². The van der Waals surface area contributed by atoms with E-state index in [0.717, 1.165) is 17.8 Å². The molecule has 2 aliphatic rings. The maximum atomic E-state index is 2.51. The molecule has 0 nitrogen and oxygen atoms in total. The van der Waals surface area contributed by atoms with E-state index in [2.05, 4.69) is 68.5 Å². The van der Waals surface area contributed by atoms with Crippen LogP contribution < -0.4 is 0 Å². The summed E-state index contributed by atoms with van der Waals surface area (Å²) >= 11 is 0. The minimum Gasteiger partial charge on any atom is -0.0804 e. The Hall–Kier alpha value is -1.82. The van der Waals surface area contributed by atoms with Crippen LogP contribution in [0.15, 0.2) is 54.6 Å². The number of unbranched alkanes of at least 4 members (excludes halogenated alkanes) is 4. The predicted molar refractivity (Wildman–Crippen MR) is 150 cm³/mol. The Morgan fingerprint density at radius 2 is 1.24 bits per heavy atom. The van der Waals surface area contributed by atoms with Crippen LogP contribution in [-0.4, -0.2) is 0 Å². The highest BCUT2D eigenvalue weighted by molar-refractivity contribution is 5.71. The fourth-order valence-corrected chi connectivity index (χ4v) is 6.47. The summed E-state index contributed by atoms with van der Waals surface area (Å²) in [5.41, 5.74) is 7.26. The number of hydrogen-bond acceptors (Lipinski definition) is 0. The van der Waals surface area contributed by atoms with E-state index in [1.165, 1.54) is 113 Å². The maximum absolute atomic E-state index is 2.51. The summed E-state index contributed by atoms with van der Waals surface area (Å²) in [4.78, 5) is 0. The molecule has 0 N–H and O–H groups in total. The second-order valence-electron chi connectivity index (χ2n) is 11.3. The molecular weight excluding hydrogens is 408 g/mol. The topological polar surface area (TPSA) is 0 Å². The summed E-state index contributed by atoms with van der Waals surface area (Å²) in [6, 6.07) is 18.9. The van der Waals surface area contributed by atoms with E-state index in [0.29, 0.717) is 0 Å². The molecule has 0 heteroatoms. The van der Waals surface area contributed by atoms with Crippen LogP contribution in [0.5, 0.6) is 0 Å². The molecule has 2 aliphatic carbocycles. The summed E-state index contributed by atoms with van der Waals surface area (Å²) < 4.78 is 0. The molecule has 1 unspecified atom stereocenters. The second kappa shape index (κ2) is 13.3. The van der Waals surface area contributed by atoms with E-state index in [1.54, 1.807) is 11.1 Å². The first-order chi connectivity index (χ1) is 16.8. The molecule has 4 rings (SSSR count). The van der Waals surface area contributed by atoms with Gasteiger partial charge in [-0.05, 0) is 90.5 Å². The molecule has 0 bridgehead atoms. The molecule has 0 spiro atoms. The van der Waals surface area contributed by atoms with Gasteiger partial charge in [-0.3, -0.25) is 0 Å². The average Bonchev–Trinajstić information content (AvgIpc) is 2.90. The molecule has 0 heterocycles. The Balaban J connectivity index is 1.26. The smallest absolute Gasteiger partial charge is 0.0162 e. The van der Waals surface area contributed by atoms with E-state index in [-0.39, 0.29) is 0 Å². The van der Waals surface area contributed by atoms with Gasteiger partial charge in [0.1, 0.15) is 0 Å². The summed E-state index contributed by atoms with van der Waals surface area (Å²) in [5, 5.41) is 0. The Kier molecular flexibility index (Phi) is 9.90. The molecule has 0 radical (unpaired) electrons. The lowest BCUT2D eigenvalue weighted by Gasteiger charge is -2.29. The van der Waals surface area contributed by atoms with E-state index in [9.17, 15) is 0 Å². The van der Waals surface area contributed by atoms with Crippen molar-refractivity contribution in [3.63, 3.8) is 0 Å². The third-order valence-electron chi connectivity index (χ3n) is 8.75. The molecule has 1 atom stereocenters. The number of allylic oxidation sites excluding steroid dienone is 2. The maximum Gasteiger partial charge on any atom is -0.0162 e. The monoisotopic (exact) mass is 456 g/mol. The number of benzene rings is 2. The normalized spacial score (nSPS) is 23.0. The van der Waals surface area contributed by atoms with E-state index in [1.807, 2.05) is 0 Å². The minimum atomic E-state index is 0.780. The predicted octanol–water partition coefficient (Wildman–Crippen LogP) is 11.0. The Morgan fingerprint density at radius 3 is 1.85 bits per heavy atom. The van der Waals surface area contributed by atoms with Crippen LogP contribution in [0.25, 0.3) is 16.7 Å². The van der Waals surface area contributed by atoms with Gasteiger partial charge in [-0.1, -0.05) is 120 Å². The zero-order chi connectivity index (χ0) is 23.6. The number of rotatable bonds is 11. The van der Waals surface area contributed by atoms with Gasteiger partial charge in [0.15, 0.2) is 0 Å². The average molecular weight is 457 g/mol. The van der Waals surface area contributed by atoms with Gasteiger partial charge >= 0.3 is 0 Å². The zero-order valence-corrected chi connectivity index (χ0v) is 22.0. The quantitative estimate of drug-likeness (QED) is 0.295. The highest BCUT2D eigenvalue weighted by Gasteiger charge is 2.22. The SMILES string of the molecule is CCCCCCC[C@H]1CC[C@H](c2ccc(-c3ccc(C4=CCC(CCC)CC4)cc3)cc2)CC1. The van der Waals surface area contributed by atoms with Crippen molar-refractivity contribution in [2.75, 3.05) is 0 Å². The highest BCUT2D eigenvalue weighted by atomic mass is 14.3. The third kappa shape index (κ3) is 7.10. The summed E-state index contributed by atoms with van der Waals surface area (Å²) in [5.74, 6) is 2.69. The van der Waals surface area contributed by atoms with Crippen LogP contribution >= 0.6 is 0 Å². The lowest BCUT2D eigenvalue weighted by Crippen LogP contribution is -2.13. The van der Waals surface area contributed by atoms with Crippen molar-refractivity contribution in [1.29, 1.82) is 0 Å². The Bertz CT molecular complexity index is 861. The highest BCUT2D eigenvalue weighted by Crippen LogP contribution is 2.38. The van der Waals surface area contributed by atoms with Crippen LogP contribution in [-0.2, 0) is 0 Å². The molecule has 0 aromatic heterocycles. The van der Waals surface area contributed by atoms with Crippen LogP contribution in [0.2, 0.25) is 0 Å². The second-order valence-corrected chi connectivity index (χ2v) is 11.3. The summed E-state index contributed by atoms with van der Waals surface area (Å²) in [7, 11) is 0. The molecule has 2 aromatic rings. The molecule has 0 amide bonds. The molecule has 1 saturated carbocycles. The van der Waals surface area contributed by atoms with Crippen LogP contribution in [0.4, 0.5) is 0 Å². The molecule has 1 fully saturated rings. The van der Waals surface area contributed by atoms with Crippen LogP contribution in [0, 0.1) is 11.8 Å². The Labute approximate surface area is 210 Å².